The van der Waals surface area contributed by atoms with Gasteiger partial charge in [0.05, 0.1) is 0 Å². The Balaban J connectivity index is 1.92. The number of carbonyl (C=O) groups is 1. The van der Waals surface area contributed by atoms with Crippen molar-refractivity contribution in [2.45, 2.75) is 65.1 Å². The molecule has 0 aliphatic carbocycles. The number of rotatable bonds is 3. The maximum absolute atomic E-state index is 12.2. The highest BCUT2D eigenvalue weighted by Gasteiger charge is 2.28. The van der Waals surface area contributed by atoms with Gasteiger partial charge in [-0.1, -0.05) is 29.8 Å². The third-order valence-electron chi connectivity index (χ3n) is 4.10. The fourth-order valence-electron chi connectivity index (χ4n) is 2.99. The van der Waals surface area contributed by atoms with Crippen LogP contribution in [0.1, 0.15) is 57.7 Å². The summed E-state index contributed by atoms with van der Waals surface area (Å²) >= 11 is 0. The lowest BCUT2D eigenvalue weighted by Gasteiger charge is -2.35. The number of likely N-dealkylation sites (tertiary alicyclic amines) is 1. The molecule has 23 heavy (non-hydrogen) atoms. The summed E-state index contributed by atoms with van der Waals surface area (Å²) in [6.07, 6.45) is 1.90. The van der Waals surface area contributed by atoms with Crippen molar-refractivity contribution in [2.24, 2.45) is 0 Å². The monoisotopic (exact) mass is 318 g/mol. The maximum Gasteiger partial charge on any atom is 0.410 e. The SMILES string of the molecule is Cc1cccc(C(C)NC2CCCN(C(=O)OC(C)(C)C)C2)c1. The largest absolute Gasteiger partial charge is 0.444 e. The molecule has 0 radical (unpaired) electrons. The van der Waals surface area contributed by atoms with Crippen molar-refractivity contribution < 1.29 is 9.53 Å². The smallest absolute Gasteiger partial charge is 0.410 e. The first-order chi connectivity index (χ1) is 10.7. The van der Waals surface area contributed by atoms with Gasteiger partial charge in [-0.2, -0.15) is 0 Å². The van der Waals surface area contributed by atoms with Crippen LogP contribution in [0.25, 0.3) is 0 Å². The molecule has 1 aromatic rings. The summed E-state index contributed by atoms with van der Waals surface area (Å²) in [6, 6.07) is 9.16. The molecule has 1 aliphatic rings. The maximum atomic E-state index is 12.2. The third kappa shape index (κ3) is 5.54. The zero-order valence-electron chi connectivity index (χ0n) is 15.1. The lowest BCUT2D eigenvalue weighted by molar-refractivity contribution is 0.0184. The highest BCUT2D eigenvalue weighted by atomic mass is 16.6. The van der Waals surface area contributed by atoms with E-state index in [2.05, 4.69) is 43.4 Å². The zero-order chi connectivity index (χ0) is 17.0. The molecule has 1 fully saturated rings. The first-order valence-electron chi connectivity index (χ1n) is 8.55. The van der Waals surface area contributed by atoms with E-state index >= 15 is 0 Å². The van der Waals surface area contributed by atoms with Crippen molar-refractivity contribution >= 4 is 6.09 Å². The molecular weight excluding hydrogens is 288 g/mol. The molecule has 4 heteroatoms. The van der Waals surface area contributed by atoms with Crippen molar-refractivity contribution in [2.75, 3.05) is 13.1 Å². The summed E-state index contributed by atoms with van der Waals surface area (Å²) in [7, 11) is 0. The molecular formula is C19H30N2O2. The Bertz CT molecular complexity index is 536. The van der Waals surface area contributed by atoms with E-state index in [1.807, 2.05) is 25.7 Å². The third-order valence-corrected chi connectivity index (χ3v) is 4.10. The minimum absolute atomic E-state index is 0.202. The normalized spacial score (nSPS) is 20.2. The van der Waals surface area contributed by atoms with Crippen molar-refractivity contribution in [3.8, 4) is 0 Å². The van der Waals surface area contributed by atoms with Gasteiger partial charge in [-0.3, -0.25) is 0 Å². The van der Waals surface area contributed by atoms with Crippen LogP contribution in [-0.2, 0) is 4.74 Å². The van der Waals surface area contributed by atoms with E-state index in [1.54, 1.807) is 0 Å². The van der Waals surface area contributed by atoms with Crippen molar-refractivity contribution in [1.29, 1.82) is 0 Å². The second-order valence-electron chi connectivity index (χ2n) is 7.57. The average molecular weight is 318 g/mol. The summed E-state index contributed by atoms with van der Waals surface area (Å²) in [6.45, 7) is 11.5. The van der Waals surface area contributed by atoms with Crippen LogP contribution < -0.4 is 5.32 Å². The Hall–Kier alpha value is -1.55. The lowest BCUT2D eigenvalue weighted by Crippen LogP contribution is -2.49. The lowest BCUT2D eigenvalue weighted by atomic mass is 10.0. The molecule has 4 nitrogen and oxygen atoms in total. The standard InChI is InChI=1S/C19H30N2O2/c1-14-8-6-9-16(12-14)15(2)20-17-10-7-11-21(13-17)18(22)23-19(3,4)5/h6,8-9,12,15,17,20H,7,10-11,13H2,1-5H3. The van der Waals surface area contributed by atoms with Gasteiger partial charge in [0, 0.05) is 25.2 Å². The molecule has 1 aliphatic heterocycles. The Morgan fingerprint density at radius 3 is 2.78 bits per heavy atom. The minimum atomic E-state index is -0.438. The molecule has 2 unspecified atom stereocenters. The van der Waals surface area contributed by atoms with E-state index in [0.717, 1.165) is 19.4 Å². The fourth-order valence-corrected chi connectivity index (χ4v) is 2.99. The first kappa shape index (κ1) is 17.8. The van der Waals surface area contributed by atoms with Crippen molar-refractivity contribution in [1.82, 2.24) is 10.2 Å². The van der Waals surface area contributed by atoms with E-state index in [4.69, 9.17) is 4.74 Å². The topological polar surface area (TPSA) is 41.6 Å². The molecule has 0 saturated carbocycles. The summed E-state index contributed by atoms with van der Waals surface area (Å²) in [5, 5.41) is 3.66. The molecule has 0 aromatic heterocycles. The molecule has 0 spiro atoms. The van der Waals surface area contributed by atoms with Crippen molar-refractivity contribution in [3.63, 3.8) is 0 Å². The van der Waals surface area contributed by atoms with Crippen LogP contribution in [-0.4, -0.2) is 35.7 Å². The number of hydrogen-bond acceptors (Lipinski definition) is 3. The molecule has 2 rings (SSSR count). The Morgan fingerprint density at radius 1 is 1.39 bits per heavy atom. The predicted molar refractivity (Wildman–Crippen MR) is 93.6 cm³/mol. The number of aryl methyl sites for hydroxylation is 1. The number of hydrogen-bond donors (Lipinski definition) is 1. The molecule has 1 amide bonds. The molecule has 1 aromatic carbocycles. The van der Waals surface area contributed by atoms with Gasteiger partial charge in [0.2, 0.25) is 0 Å². The molecule has 1 heterocycles. The summed E-state index contributed by atoms with van der Waals surface area (Å²) in [4.78, 5) is 14.1. The van der Waals surface area contributed by atoms with Gasteiger partial charge in [-0.25, -0.2) is 4.79 Å². The minimum Gasteiger partial charge on any atom is -0.444 e. The summed E-state index contributed by atoms with van der Waals surface area (Å²) < 4.78 is 5.49. The van der Waals surface area contributed by atoms with Crippen LogP contribution in [0.4, 0.5) is 4.79 Å². The number of benzene rings is 1. The van der Waals surface area contributed by atoms with Crippen LogP contribution in [0.3, 0.4) is 0 Å². The van der Waals surface area contributed by atoms with E-state index in [9.17, 15) is 4.79 Å². The van der Waals surface area contributed by atoms with Crippen LogP contribution in [0.5, 0.6) is 0 Å². The molecule has 1 saturated heterocycles. The van der Waals surface area contributed by atoms with Crippen molar-refractivity contribution in [3.05, 3.63) is 35.4 Å². The number of piperidine rings is 1. The van der Waals surface area contributed by atoms with Crippen LogP contribution in [0.15, 0.2) is 24.3 Å². The Morgan fingerprint density at radius 2 is 2.13 bits per heavy atom. The molecule has 2 atom stereocenters. The van der Waals surface area contributed by atoms with Gasteiger partial charge in [0.25, 0.3) is 0 Å². The van der Waals surface area contributed by atoms with E-state index < -0.39 is 5.60 Å². The Kier molecular flexibility index (Phi) is 5.69. The van der Waals surface area contributed by atoms with E-state index in [1.165, 1.54) is 11.1 Å². The summed E-state index contributed by atoms with van der Waals surface area (Å²) in [5.41, 5.74) is 2.13. The predicted octanol–water partition coefficient (Wildman–Crippen LogP) is 4.05. The fraction of sp³-hybridized carbons (Fsp3) is 0.632. The zero-order valence-corrected chi connectivity index (χ0v) is 15.1. The van der Waals surface area contributed by atoms with Gasteiger partial charge in [0.1, 0.15) is 5.60 Å². The van der Waals surface area contributed by atoms with Crippen LogP contribution in [0.2, 0.25) is 0 Å². The highest BCUT2D eigenvalue weighted by Crippen LogP contribution is 2.19. The number of nitrogens with one attached hydrogen (secondary N) is 1. The van der Waals surface area contributed by atoms with Gasteiger partial charge in [-0.05, 0) is 53.0 Å². The van der Waals surface area contributed by atoms with Gasteiger partial charge >= 0.3 is 6.09 Å². The van der Waals surface area contributed by atoms with E-state index in [-0.39, 0.29) is 12.1 Å². The quantitative estimate of drug-likeness (QED) is 0.914. The number of ether oxygens (including phenoxy) is 1. The van der Waals surface area contributed by atoms with Crippen LogP contribution in [0, 0.1) is 6.92 Å². The molecule has 0 bridgehead atoms. The number of carbonyl (C=O) groups excluding carboxylic acids is 1. The Labute approximate surface area is 140 Å². The second kappa shape index (κ2) is 7.35. The first-order valence-corrected chi connectivity index (χ1v) is 8.55. The summed E-state index contributed by atoms with van der Waals surface area (Å²) in [5.74, 6) is 0. The molecule has 128 valence electrons. The second-order valence-corrected chi connectivity index (χ2v) is 7.57. The highest BCUT2D eigenvalue weighted by molar-refractivity contribution is 5.68. The van der Waals surface area contributed by atoms with Gasteiger partial charge < -0.3 is 15.0 Å². The average Bonchev–Trinajstić information content (AvgIpc) is 2.45. The number of nitrogens with zero attached hydrogens (tertiary/aromatic N) is 1. The van der Waals surface area contributed by atoms with Gasteiger partial charge in [-0.15, -0.1) is 0 Å². The van der Waals surface area contributed by atoms with E-state index in [0.29, 0.717) is 12.6 Å². The number of amides is 1. The molecule has 1 N–H and O–H groups in total. The van der Waals surface area contributed by atoms with Gasteiger partial charge in [0.15, 0.2) is 0 Å². The van der Waals surface area contributed by atoms with Crippen LogP contribution >= 0.6 is 0 Å².